The van der Waals surface area contributed by atoms with Crippen LogP contribution in [-0.2, 0) is 12.8 Å². The second-order valence-electron chi connectivity index (χ2n) is 9.51. The molecular weight excluding hydrogens is 422 g/mol. The molecule has 0 saturated heterocycles. The van der Waals surface area contributed by atoms with Gasteiger partial charge in [-0.15, -0.1) is 0 Å². The van der Waals surface area contributed by atoms with E-state index in [4.69, 9.17) is 0 Å². The van der Waals surface area contributed by atoms with Gasteiger partial charge in [-0.3, -0.25) is 0 Å². The first-order valence-electron chi connectivity index (χ1n) is 12.4. The second-order valence-corrected chi connectivity index (χ2v) is 9.51. The SMILES string of the molecule is Cc1ccccc1-c1ccc2c(c1)c1c(C)cccc1n2-c1cccc(CCc2ccccc2)c1. The van der Waals surface area contributed by atoms with Crippen molar-refractivity contribution in [3.63, 3.8) is 0 Å². The van der Waals surface area contributed by atoms with Gasteiger partial charge in [0, 0.05) is 16.5 Å². The monoisotopic (exact) mass is 451 g/mol. The highest BCUT2D eigenvalue weighted by molar-refractivity contribution is 6.12. The maximum atomic E-state index is 2.44. The third-order valence-electron chi connectivity index (χ3n) is 7.17. The first-order valence-corrected chi connectivity index (χ1v) is 12.4. The Morgan fingerprint density at radius 3 is 2.11 bits per heavy atom. The average Bonchev–Trinajstić information content (AvgIpc) is 3.23. The lowest BCUT2D eigenvalue weighted by Crippen LogP contribution is -1.97. The Morgan fingerprint density at radius 2 is 1.26 bits per heavy atom. The van der Waals surface area contributed by atoms with E-state index in [-0.39, 0.29) is 0 Å². The van der Waals surface area contributed by atoms with Crippen LogP contribution in [0.25, 0.3) is 38.6 Å². The van der Waals surface area contributed by atoms with Crippen LogP contribution in [0.5, 0.6) is 0 Å². The fourth-order valence-corrected chi connectivity index (χ4v) is 5.38. The third kappa shape index (κ3) is 3.94. The number of hydrogen-bond donors (Lipinski definition) is 0. The number of hydrogen-bond acceptors (Lipinski definition) is 0. The standard InChI is InChI=1S/C34H29N/c1-24-10-6-7-16-30(24)28-20-21-32-31(23-28)34-25(2)11-8-17-33(34)35(32)29-15-9-14-27(22-29)19-18-26-12-4-3-5-13-26/h3-17,20-23H,18-19H2,1-2H3. The molecule has 0 spiro atoms. The Morgan fingerprint density at radius 1 is 0.543 bits per heavy atom. The molecule has 0 aliphatic rings. The molecule has 0 fully saturated rings. The minimum absolute atomic E-state index is 1.03. The van der Waals surface area contributed by atoms with Gasteiger partial charge in [-0.1, -0.05) is 84.9 Å². The number of fused-ring (bicyclic) bond motifs is 3. The largest absolute Gasteiger partial charge is 0.309 e. The van der Waals surface area contributed by atoms with E-state index in [9.17, 15) is 0 Å². The molecule has 0 saturated carbocycles. The molecule has 0 bridgehead atoms. The van der Waals surface area contributed by atoms with Crippen LogP contribution in [0.4, 0.5) is 0 Å². The Labute approximate surface area is 207 Å². The number of benzene rings is 5. The van der Waals surface area contributed by atoms with Gasteiger partial charge < -0.3 is 4.57 Å². The van der Waals surface area contributed by atoms with Crippen LogP contribution in [0.3, 0.4) is 0 Å². The van der Waals surface area contributed by atoms with E-state index in [1.165, 1.54) is 60.9 Å². The molecule has 0 atom stereocenters. The van der Waals surface area contributed by atoms with Gasteiger partial charge in [0.15, 0.2) is 0 Å². The first-order chi connectivity index (χ1) is 17.2. The van der Waals surface area contributed by atoms with Gasteiger partial charge in [-0.2, -0.15) is 0 Å². The molecule has 6 rings (SSSR count). The molecule has 1 heteroatoms. The molecule has 1 aromatic heterocycles. The summed E-state index contributed by atoms with van der Waals surface area (Å²) in [6.07, 6.45) is 2.09. The molecule has 170 valence electrons. The van der Waals surface area contributed by atoms with Crippen LogP contribution in [0, 0.1) is 13.8 Å². The van der Waals surface area contributed by atoms with Crippen molar-refractivity contribution < 1.29 is 0 Å². The van der Waals surface area contributed by atoms with E-state index in [2.05, 4.69) is 134 Å². The zero-order valence-electron chi connectivity index (χ0n) is 20.3. The lowest BCUT2D eigenvalue weighted by Gasteiger charge is -2.11. The van der Waals surface area contributed by atoms with Crippen molar-refractivity contribution in [3.05, 3.63) is 138 Å². The van der Waals surface area contributed by atoms with E-state index in [0.717, 1.165) is 12.8 Å². The summed E-state index contributed by atoms with van der Waals surface area (Å²) in [6, 6.07) is 42.1. The zero-order valence-corrected chi connectivity index (χ0v) is 20.3. The Kier molecular flexibility index (Phi) is 5.47. The number of aryl methyl sites for hydroxylation is 4. The van der Waals surface area contributed by atoms with Crippen LogP contribution >= 0.6 is 0 Å². The molecule has 0 N–H and O–H groups in total. The van der Waals surface area contributed by atoms with E-state index in [0.29, 0.717) is 0 Å². The molecule has 35 heavy (non-hydrogen) atoms. The zero-order chi connectivity index (χ0) is 23.8. The molecule has 6 aromatic rings. The molecule has 1 nitrogen and oxygen atoms in total. The predicted octanol–water partition coefficient (Wildman–Crippen LogP) is 8.85. The van der Waals surface area contributed by atoms with Gasteiger partial charge in [0.25, 0.3) is 0 Å². The van der Waals surface area contributed by atoms with Crippen LogP contribution < -0.4 is 0 Å². The van der Waals surface area contributed by atoms with Crippen molar-refractivity contribution >= 4 is 21.8 Å². The molecule has 0 radical (unpaired) electrons. The summed E-state index contributed by atoms with van der Waals surface area (Å²) in [5, 5.41) is 2.65. The fraction of sp³-hybridized carbons (Fsp3) is 0.118. The third-order valence-corrected chi connectivity index (χ3v) is 7.17. The predicted molar refractivity (Wildman–Crippen MR) is 150 cm³/mol. The molecule has 1 heterocycles. The van der Waals surface area contributed by atoms with Crippen molar-refractivity contribution in [2.75, 3.05) is 0 Å². The molecule has 0 aliphatic heterocycles. The van der Waals surface area contributed by atoms with Gasteiger partial charge in [0.2, 0.25) is 0 Å². The highest BCUT2D eigenvalue weighted by atomic mass is 15.0. The van der Waals surface area contributed by atoms with Crippen molar-refractivity contribution in [3.8, 4) is 16.8 Å². The highest BCUT2D eigenvalue weighted by Crippen LogP contribution is 2.37. The van der Waals surface area contributed by atoms with Crippen LogP contribution in [0.15, 0.2) is 115 Å². The lowest BCUT2D eigenvalue weighted by molar-refractivity contribution is 0.956. The Hall–Kier alpha value is -4.10. The summed E-state index contributed by atoms with van der Waals surface area (Å²) in [5.41, 5.74) is 11.7. The van der Waals surface area contributed by atoms with E-state index in [1.807, 2.05) is 0 Å². The van der Waals surface area contributed by atoms with Gasteiger partial charge in [0.1, 0.15) is 0 Å². The number of rotatable bonds is 5. The average molecular weight is 452 g/mol. The van der Waals surface area contributed by atoms with Crippen molar-refractivity contribution in [1.29, 1.82) is 0 Å². The maximum absolute atomic E-state index is 2.44. The molecule has 5 aromatic carbocycles. The molecular formula is C34H29N. The summed E-state index contributed by atoms with van der Waals surface area (Å²) in [6.45, 7) is 4.41. The fourth-order valence-electron chi connectivity index (χ4n) is 5.38. The van der Waals surface area contributed by atoms with E-state index < -0.39 is 0 Å². The first kappa shape index (κ1) is 21.4. The van der Waals surface area contributed by atoms with Crippen LogP contribution in [-0.4, -0.2) is 4.57 Å². The summed E-state index contributed by atoms with van der Waals surface area (Å²) in [7, 11) is 0. The van der Waals surface area contributed by atoms with E-state index >= 15 is 0 Å². The van der Waals surface area contributed by atoms with Gasteiger partial charge in [-0.25, -0.2) is 0 Å². The van der Waals surface area contributed by atoms with E-state index in [1.54, 1.807) is 0 Å². The molecule has 0 amide bonds. The summed E-state index contributed by atoms with van der Waals surface area (Å²) < 4.78 is 2.44. The van der Waals surface area contributed by atoms with Crippen LogP contribution in [0.1, 0.15) is 22.3 Å². The summed E-state index contributed by atoms with van der Waals surface area (Å²) in [5.74, 6) is 0. The number of aromatic nitrogens is 1. The smallest absolute Gasteiger partial charge is 0.0543 e. The van der Waals surface area contributed by atoms with Crippen LogP contribution in [0.2, 0.25) is 0 Å². The minimum Gasteiger partial charge on any atom is -0.309 e. The van der Waals surface area contributed by atoms with Gasteiger partial charge in [0.05, 0.1) is 11.0 Å². The minimum atomic E-state index is 1.03. The highest BCUT2D eigenvalue weighted by Gasteiger charge is 2.15. The molecule has 0 aliphatic carbocycles. The van der Waals surface area contributed by atoms with Gasteiger partial charge in [-0.05, 0) is 90.4 Å². The van der Waals surface area contributed by atoms with Crippen molar-refractivity contribution in [2.45, 2.75) is 26.7 Å². The summed E-state index contributed by atoms with van der Waals surface area (Å²) in [4.78, 5) is 0. The normalized spacial score (nSPS) is 11.4. The van der Waals surface area contributed by atoms with Crippen molar-refractivity contribution in [2.24, 2.45) is 0 Å². The Bertz CT molecular complexity index is 1650. The Balaban J connectivity index is 1.49. The maximum Gasteiger partial charge on any atom is 0.0543 e. The summed E-state index contributed by atoms with van der Waals surface area (Å²) >= 11 is 0. The van der Waals surface area contributed by atoms with Gasteiger partial charge >= 0.3 is 0 Å². The quantitative estimate of drug-likeness (QED) is 0.247. The second kappa shape index (κ2) is 8.92. The molecule has 0 unspecified atom stereocenters. The van der Waals surface area contributed by atoms with Crippen molar-refractivity contribution in [1.82, 2.24) is 4.57 Å². The lowest BCUT2D eigenvalue weighted by atomic mass is 9.98. The number of nitrogens with zero attached hydrogens (tertiary/aromatic N) is 1. The topological polar surface area (TPSA) is 4.93 Å².